The van der Waals surface area contributed by atoms with E-state index < -0.39 is 0 Å². The van der Waals surface area contributed by atoms with Gasteiger partial charge in [-0.15, -0.1) is 0 Å². The number of rotatable bonds is 5. The third-order valence-corrected chi connectivity index (χ3v) is 3.22. The van der Waals surface area contributed by atoms with Crippen molar-refractivity contribution in [3.8, 4) is 5.75 Å². The van der Waals surface area contributed by atoms with Gasteiger partial charge in [0.2, 0.25) is 0 Å². The predicted octanol–water partition coefficient (Wildman–Crippen LogP) is 2.44. The zero-order valence-corrected chi connectivity index (χ0v) is 11.5. The van der Waals surface area contributed by atoms with Crippen LogP contribution in [0.15, 0.2) is 18.2 Å². The molecule has 0 fully saturated rings. The molecule has 4 nitrogen and oxygen atoms in total. The average molecular weight is 250 g/mol. The lowest BCUT2D eigenvalue weighted by Gasteiger charge is -2.23. The Hall–Kier alpha value is -1.71. The lowest BCUT2D eigenvalue weighted by Crippen LogP contribution is -2.34. The van der Waals surface area contributed by atoms with Gasteiger partial charge < -0.3 is 15.8 Å². The molecule has 1 amide bonds. The van der Waals surface area contributed by atoms with Crippen LogP contribution < -0.4 is 15.8 Å². The van der Waals surface area contributed by atoms with Crippen molar-refractivity contribution in [3.63, 3.8) is 0 Å². The Morgan fingerprint density at radius 1 is 1.44 bits per heavy atom. The van der Waals surface area contributed by atoms with Crippen molar-refractivity contribution in [2.75, 3.05) is 19.4 Å². The first kappa shape index (κ1) is 14.4. The second kappa shape index (κ2) is 5.76. The number of nitrogens with one attached hydrogen (secondary N) is 1. The SMILES string of the molecule is CCC(C)(C)CNC(=O)c1cccc(OC)c1N. The largest absolute Gasteiger partial charge is 0.495 e. The standard InChI is InChI=1S/C14H22N2O2/c1-5-14(2,3)9-16-13(17)10-7-6-8-11(18-4)12(10)15/h6-8H,5,9,15H2,1-4H3,(H,16,17). The van der Waals surface area contributed by atoms with Crippen LogP contribution in [0.25, 0.3) is 0 Å². The van der Waals surface area contributed by atoms with E-state index in [-0.39, 0.29) is 11.3 Å². The van der Waals surface area contributed by atoms with Crippen LogP contribution in [0.2, 0.25) is 0 Å². The summed E-state index contributed by atoms with van der Waals surface area (Å²) in [5.74, 6) is 0.366. The van der Waals surface area contributed by atoms with Crippen LogP contribution >= 0.6 is 0 Å². The van der Waals surface area contributed by atoms with Crippen molar-refractivity contribution in [1.82, 2.24) is 5.32 Å². The summed E-state index contributed by atoms with van der Waals surface area (Å²) in [6.45, 7) is 6.95. The summed E-state index contributed by atoms with van der Waals surface area (Å²) in [4.78, 5) is 12.0. The maximum atomic E-state index is 12.0. The highest BCUT2D eigenvalue weighted by Gasteiger charge is 2.18. The maximum Gasteiger partial charge on any atom is 0.253 e. The molecular formula is C14H22N2O2. The van der Waals surface area contributed by atoms with E-state index in [0.29, 0.717) is 23.5 Å². The topological polar surface area (TPSA) is 64.3 Å². The number of ether oxygens (including phenoxy) is 1. The number of carbonyl (C=O) groups is 1. The Balaban J connectivity index is 2.79. The zero-order valence-electron chi connectivity index (χ0n) is 11.5. The summed E-state index contributed by atoms with van der Waals surface area (Å²) in [6.07, 6.45) is 1.00. The number of amides is 1. The van der Waals surface area contributed by atoms with E-state index in [0.717, 1.165) is 6.42 Å². The van der Waals surface area contributed by atoms with Gasteiger partial charge in [0.1, 0.15) is 5.75 Å². The summed E-state index contributed by atoms with van der Waals surface area (Å²) in [7, 11) is 1.54. The summed E-state index contributed by atoms with van der Waals surface area (Å²) in [5, 5.41) is 2.91. The molecule has 0 aliphatic heterocycles. The molecule has 0 radical (unpaired) electrons. The van der Waals surface area contributed by atoms with E-state index in [4.69, 9.17) is 10.5 Å². The van der Waals surface area contributed by atoms with Crippen LogP contribution in [0.1, 0.15) is 37.6 Å². The average Bonchev–Trinajstić information content (AvgIpc) is 2.36. The van der Waals surface area contributed by atoms with Crippen molar-refractivity contribution < 1.29 is 9.53 Å². The first-order chi connectivity index (χ1) is 8.41. The van der Waals surface area contributed by atoms with Gasteiger partial charge in [0.15, 0.2) is 0 Å². The van der Waals surface area contributed by atoms with Crippen LogP contribution in [-0.4, -0.2) is 19.6 Å². The van der Waals surface area contributed by atoms with Gasteiger partial charge in [-0.2, -0.15) is 0 Å². The normalized spacial score (nSPS) is 11.1. The molecule has 1 aromatic carbocycles. The van der Waals surface area contributed by atoms with E-state index in [9.17, 15) is 4.79 Å². The number of hydrogen-bond acceptors (Lipinski definition) is 3. The van der Waals surface area contributed by atoms with Gasteiger partial charge in [0.05, 0.1) is 18.4 Å². The van der Waals surface area contributed by atoms with E-state index in [1.807, 2.05) is 0 Å². The molecule has 0 unspecified atom stereocenters. The number of hydrogen-bond donors (Lipinski definition) is 2. The number of nitrogen functional groups attached to an aromatic ring is 1. The van der Waals surface area contributed by atoms with Crippen molar-refractivity contribution in [2.45, 2.75) is 27.2 Å². The highest BCUT2D eigenvalue weighted by molar-refractivity contribution is 6.00. The summed E-state index contributed by atoms with van der Waals surface area (Å²) < 4.78 is 5.10. The van der Waals surface area contributed by atoms with Gasteiger partial charge >= 0.3 is 0 Å². The fourth-order valence-electron chi connectivity index (χ4n) is 1.46. The quantitative estimate of drug-likeness (QED) is 0.789. The molecule has 18 heavy (non-hydrogen) atoms. The van der Waals surface area contributed by atoms with E-state index in [1.54, 1.807) is 18.2 Å². The highest BCUT2D eigenvalue weighted by Crippen LogP contribution is 2.25. The van der Waals surface area contributed by atoms with Crippen LogP contribution in [0.5, 0.6) is 5.75 Å². The minimum atomic E-state index is -0.159. The lowest BCUT2D eigenvalue weighted by molar-refractivity contribution is 0.0936. The van der Waals surface area contributed by atoms with Gasteiger partial charge in [-0.3, -0.25) is 4.79 Å². The molecule has 1 rings (SSSR count). The lowest BCUT2D eigenvalue weighted by atomic mass is 9.90. The smallest absolute Gasteiger partial charge is 0.253 e. The molecule has 3 N–H and O–H groups in total. The molecule has 100 valence electrons. The molecule has 0 aliphatic rings. The summed E-state index contributed by atoms with van der Waals surface area (Å²) >= 11 is 0. The van der Waals surface area contributed by atoms with Crippen LogP contribution in [0, 0.1) is 5.41 Å². The minimum Gasteiger partial charge on any atom is -0.495 e. The van der Waals surface area contributed by atoms with Crippen molar-refractivity contribution >= 4 is 11.6 Å². The molecule has 0 saturated carbocycles. The number of nitrogens with two attached hydrogens (primary N) is 1. The molecule has 0 atom stereocenters. The van der Waals surface area contributed by atoms with Crippen LogP contribution in [0.4, 0.5) is 5.69 Å². The maximum absolute atomic E-state index is 12.0. The Kier molecular flexibility index (Phi) is 4.59. The molecule has 1 aromatic rings. The van der Waals surface area contributed by atoms with E-state index in [1.165, 1.54) is 7.11 Å². The molecular weight excluding hydrogens is 228 g/mol. The third-order valence-electron chi connectivity index (χ3n) is 3.22. The van der Waals surface area contributed by atoms with Crippen molar-refractivity contribution in [1.29, 1.82) is 0 Å². The molecule has 0 heterocycles. The fraction of sp³-hybridized carbons (Fsp3) is 0.500. The first-order valence-corrected chi connectivity index (χ1v) is 6.12. The van der Waals surface area contributed by atoms with Crippen LogP contribution in [0.3, 0.4) is 0 Å². The number of methoxy groups -OCH3 is 1. The molecule has 0 saturated heterocycles. The first-order valence-electron chi connectivity index (χ1n) is 6.12. The Labute approximate surface area is 109 Å². The third kappa shape index (κ3) is 3.39. The van der Waals surface area contributed by atoms with Gasteiger partial charge in [-0.05, 0) is 24.0 Å². The molecule has 0 aromatic heterocycles. The monoisotopic (exact) mass is 250 g/mol. The molecule has 4 heteroatoms. The van der Waals surface area contributed by atoms with Gasteiger partial charge in [-0.25, -0.2) is 0 Å². The van der Waals surface area contributed by atoms with E-state index >= 15 is 0 Å². The Bertz CT molecular complexity index is 428. The fourth-order valence-corrected chi connectivity index (χ4v) is 1.46. The van der Waals surface area contributed by atoms with E-state index in [2.05, 4.69) is 26.1 Å². The molecule has 0 spiro atoms. The molecule has 0 bridgehead atoms. The summed E-state index contributed by atoms with van der Waals surface area (Å²) in [6, 6.07) is 5.20. The number of para-hydroxylation sites is 1. The second-order valence-electron chi connectivity index (χ2n) is 5.12. The van der Waals surface area contributed by atoms with Crippen LogP contribution in [-0.2, 0) is 0 Å². The zero-order chi connectivity index (χ0) is 13.8. The highest BCUT2D eigenvalue weighted by atomic mass is 16.5. The Morgan fingerprint density at radius 2 is 2.11 bits per heavy atom. The van der Waals surface area contributed by atoms with Gasteiger partial charge in [0.25, 0.3) is 5.91 Å². The van der Waals surface area contributed by atoms with Crippen molar-refractivity contribution in [3.05, 3.63) is 23.8 Å². The number of anilines is 1. The van der Waals surface area contributed by atoms with Crippen molar-refractivity contribution in [2.24, 2.45) is 5.41 Å². The van der Waals surface area contributed by atoms with Gasteiger partial charge in [-0.1, -0.05) is 26.8 Å². The Morgan fingerprint density at radius 3 is 2.67 bits per heavy atom. The molecule has 0 aliphatic carbocycles. The van der Waals surface area contributed by atoms with Gasteiger partial charge in [0, 0.05) is 6.54 Å². The second-order valence-corrected chi connectivity index (χ2v) is 5.12. The minimum absolute atomic E-state index is 0.0866. The number of benzene rings is 1. The number of carbonyl (C=O) groups excluding carboxylic acids is 1. The predicted molar refractivity (Wildman–Crippen MR) is 73.8 cm³/mol. The summed E-state index contributed by atoms with van der Waals surface area (Å²) in [5.41, 5.74) is 6.81.